The Labute approximate surface area is 121 Å². The van der Waals surface area contributed by atoms with Crippen LogP contribution in [0.25, 0.3) is 0 Å². The fraction of sp³-hybridized carbons (Fsp3) is 0.714. The molecule has 2 atom stereocenters. The molecule has 0 saturated heterocycles. The summed E-state index contributed by atoms with van der Waals surface area (Å²) >= 11 is 0. The molecule has 0 spiro atoms. The van der Waals surface area contributed by atoms with Crippen LogP contribution in [0, 0.1) is 11.8 Å². The summed E-state index contributed by atoms with van der Waals surface area (Å²) in [4.78, 5) is 3.33. The van der Waals surface area contributed by atoms with Crippen molar-refractivity contribution >= 4 is 10.0 Å². The first-order chi connectivity index (χ1) is 9.53. The normalized spacial score (nSPS) is 23.3. The molecule has 0 radical (unpaired) electrons. The number of aromatic amines is 1. The average molecular weight is 299 g/mol. The molecule has 0 bridgehead atoms. The van der Waals surface area contributed by atoms with Crippen LogP contribution >= 0.6 is 0 Å². The highest BCUT2D eigenvalue weighted by atomic mass is 32.2. The van der Waals surface area contributed by atoms with Gasteiger partial charge in [-0.1, -0.05) is 26.7 Å². The van der Waals surface area contributed by atoms with Crippen LogP contribution in [0.1, 0.15) is 38.8 Å². The number of aromatic nitrogens is 1. The van der Waals surface area contributed by atoms with E-state index in [2.05, 4.69) is 21.9 Å². The summed E-state index contributed by atoms with van der Waals surface area (Å²) in [5, 5.41) is 3.17. The summed E-state index contributed by atoms with van der Waals surface area (Å²) in [6.45, 7) is 6.30. The summed E-state index contributed by atoms with van der Waals surface area (Å²) in [5.74, 6) is 1.10. The Bertz CT molecular complexity index is 524. The first kappa shape index (κ1) is 15.5. The Balaban J connectivity index is 1.93. The van der Waals surface area contributed by atoms with E-state index in [9.17, 15) is 8.42 Å². The molecule has 2 rings (SSSR count). The first-order valence-corrected chi connectivity index (χ1v) is 8.89. The van der Waals surface area contributed by atoms with Gasteiger partial charge in [-0.2, -0.15) is 0 Å². The van der Waals surface area contributed by atoms with Gasteiger partial charge in [0.15, 0.2) is 0 Å². The van der Waals surface area contributed by atoms with E-state index in [1.165, 1.54) is 12.8 Å². The van der Waals surface area contributed by atoms with Crippen molar-refractivity contribution < 1.29 is 8.42 Å². The second kappa shape index (κ2) is 6.74. The van der Waals surface area contributed by atoms with Crippen LogP contribution in [0.4, 0.5) is 0 Å². The van der Waals surface area contributed by atoms with E-state index in [1.54, 1.807) is 12.3 Å². The molecule has 1 aliphatic carbocycles. The van der Waals surface area contributed by atoms with Gasteiger partial charge in [-0.25, -0.2) is 13.1 Å². The zero-order valence-corrected chi connectivity index (χ0v) is 13.1. The molecular weight excluding hydrogens is 274 g/mol. The zero-order valence-electron chi connectivity index (χ0n) is 12.3. The minimum Gasteiger partial charge on any atom is -0.363 e. The molecule has 1 aromatic heterocycles. The third-order valence-corrected chi connectivity index (χ3v) is 5.57. The minimum absolute atomic E-state index is 0.330. The number of hydrogen-bond acceptors (Lipinski definition) is 3. The highest BCUT2D eigenvalue weighted by Crippen LogP contribution is 2.30. The van der Waals surface area contributed by atoms with E-state index in [1.807, 2.05) is 6.92 Å². The molecule has 1 saturated carbocycles. The van der Waals surface area contributed by atoms with Crippen molar-refractivity contribution in [2.24, 2.45) is 11.8 Å². The predicted octanol–water partition coefficient (Wildman–Crippen LogP) is 1.84. The molecule has 20 heavy (non-hydrogen) atoms. The van der Waals surface area contributed by atoms with Gasteiger partial charge in [-0.15, -0.1) is 0 Å². The van der Waals surface area contributed by atoms with Gasteiger partial charge in [0.1, 0.15) is 0 Å². The largest absolute Gasteiger partial charge is 0.363 e. The molecule has 114 valence electrons. The van der Waals surface area contributed by atoms with Gasteiger partial charge in [0.25, 0.3) is 0 Å². The maximum atomic E-state index is 12.2. The molecule has 0 amide bonds. The number of hydrogen-bond donors (Lipinski definition) is 3. The van der Waals surface area contributed by atoms with Gasteiger partial charge in [-0.3, -0.25) is 0 Å². The van der Waals surface area contributed by atoms with Crippen molar-refractivity contribution in [3.05, 3.63) is 18.0 Å². The number of H-pyrrole nitrogens is 1. The number of nitrogens with one attached hydrogen (secondary N) is 3. The third-order valence-electron chi connectivity index (χ3n) is 4.17. The van der Waals surface area contributed by atoms with Crippen molar-refractivity contribution in [1.82, 2.24) is 15.0 Å². The topological polar surface area (TPSA) is 74.0 Å². The monoisotopic (exact) mass is 299 g/mol. The third kappa shape index (κ3) is 3.84. The lowest BCUT2D eigenvalue weighted by Gasteiger charge is -2.15. The Morgan fingerprint density at radius 1 is 1.40 bits per heavy atom. The van der Waals surface area contributed by atoms with Crippen molar-refractivity contribution in [2.75, 3.05) is 13.1 Å². The van der Waals surface area contributed by atoms with Gasteiger partial charge in [0, 0.05) is 25.0 Å². The van der Waals surface area contributed by atoms with Crippen LogP contribution in [0.15, 0.2) is 17.2 Å². The van der Waals surface area contributed by atoms with Gasteiger partial charge < -0.3 is 10.3 Å². The molecule has 0 aliphatic heterocycles. The SMILES string of the molecule is CCNCc1cc(S(=O)(=O)NCC2CCCC2C)c[nH]1. The lowest BCUT2D eigenvalue weighted by atomic mass is 9.99. The van der Waals surface area contributed by atoms with Crippen molar-refractivity contribution in [2.45, 2.75) is 44.6 Å². The van der Waals surface area contributed by atoms with Crippen LogP contribution < -0.4 is 10.0 Å². The van der Waals surface area contributed by atoms with Crippen molar-refractivity contribution in [1.29, 1.82) is 0 Å². The summed E-state index contributed by atoms with van der Waals surface area (Å²) in [6, 6.07) is 1.70. The summed E-state index contributed by atoms with van der Waals surface area (Å²) in [6.07, 6.45) is 5.11. The predicted molar refractivity (Wildman–Crippen MR) is 79.9 cm³/mol. The standard InChI is InChI=1S/C14H25N3O2S/c1-3-15-9-13-7-14(10-16-13)20(18,19)17-8-12-6-4-5-11(12)2/h7,10-12,15-17H,3-6,8-9H2,1-2H3. The van der Waals surface area contributed by atoms with Crippen LogP contribution in [0.5, 0.6) is 0 Å². The molecule has 0 aromatic carbocycles. The average Bonchev–Trinajstić information content (AvgIpc) is 3.03. The van der Waals surface area contributed by atoms with Crippen LogP contribution in [-0.2, 0) is 16.6 Å². The molecule has 1 aromatic rings. The van der Waals surface area contributed by atoms with Gasteiger partial charge >= 0.3 is 0 Å². The molecule has 1 fully saturated rings. The zero-order chi connectivity index (χ0) is 14.6. The van der Waals surface area contributed by atoms with Gasteiger partial charge in [-0.05, 0) is 30.9 Å². The lowest BCUT2D eigenvalue weighted by molar-refractivity contribution is 0.414. The van der Waals surface area contributed by atoms with E-state index in [4.69, 9.17) is 0 Å². The molecule has 3 N–H and O–H groups in total. The van der Waals surface area contributed by atoms with E-state index in [0.29, 0.717) is 29.8 Å². The molecule has 5 nitrogen and oxygen atoms in total. The second-order valence-corrected chi connectivity index (χ2v) is 7.43. The minimum atomic E-state index is -3.38. The van der Waals surface area contributed by atoms with Crippen LogP contribution in [-0.4, -0.2) is 26.5 Å². The highest BCUT2D eigenvalue weighted by Gasteiger charge is 2.25. The van der Waals surface area contributed by atoms with E-state index in [-0.39, 0.29) is 0 Å². The van der Waals surface area contributed by atoms with Crippen LogP contribution in [0.2, 0.25) is 0 Å². The number of sulfonamides is 1. The summed E-state index contributed by atoms with van der Waals surface area (Å²) in [7, 11) is -3.38. The van der Waals surface area contributed by atoms with Crippen LogP contribution in [0.3, 0.4) is 0 Å². The maximum absolute atomic E-state index is 12.2. The number of rotatable bonds is 7. The smallest absolute Gasteiger partial charge is 0.242 e. The van der Waals surface area contributed by atoms with Gasteiger partial charge in [0.05, 0.1) is 4.90 Å². The van der Waals surface area contributed by atoms with Gasteiger partial charge in [0.2, 0.25) is 10.0 Å². The molecule has 1 heterocycles. The van der Waals surface area contributed by atoms with E-state index >= 15 is 0 Å². The quantitative estimate of drug-likeness (QED) is 0.719. The highest BCUT2D eigenvalue weighted by molar-refractivity contribution is 7.89. The van der Waals surface area contributed by atoms with E-state index < -0.39 is 10.0 Å². The molecule has 1 aliphatic rings. The Kier molecular flexibility index (Phi) is 5.23. The maximum Gasteiger partial charge on any atom is 0.242 e. The first-order valence-electron chi connectivity index (χ1n) is 7.40. The molecule has 2 unspecified atom stereocenters. The molecule has 6 heteroatoms. The Morgan fingerprint density at radius 3 is 2.85 bits per heavy atom. The fourth-order valence-electron chi connectivity index (χ4n) is 2.76. The summed E-state index contributed by atoms with van der Waals surface area (Å²) in [5.41, 5.74) is 0.890. The summed E-state index contributed by atoms with van der Waals surface area (Å²) < 4.78 is 27.2. The molecular formula is C14H25N3O2S. The van der Waals surface area contributed by atoms with Crippen molar-refractivity contribution in [3.63, 3.8) is 0 Å². The lowest BCUT2D eigenvalue weighted by Crippen LogP contribution is -2.30. The van der Waals surface area contributed by atoms with Crippen molar-refractivity contribution in [3.8, 4) is 0 Å². The van der Waals surface area contributed by atoms with E-state index in [0.717, 1.165) is 18.7 Å². The fourth-order valence-corrected chi connectivity index (χ4v) is 3.87. The Hall–Kier alpha value is -0.850. The second-order valence-electron chi connectivity index (χ2n) is 5.66. The Morgan fingerprint density at radius 2 is 2.20 bits per heavy atom.